The van der Waals surface area contributed by atoms with E-state index in [-0.39, 0.29) is 5.91 Å². The van der Waals surface area contributed by atoms with Crippen LogP contribution in [0.25, 0.3) is 0 Å². The number of carbonyl (C=O) groups excluding carboxylic acids is 1. The first-order chi connectivity index (χ1) is 9.33. The molecule has 2 aromatic rings. The fraction of sp³-hybridized carbons (Fsp3) is 0.429. The van der Waals surface area contributed by atoms with E-state index in [1.54, 1.807) is 17.5 Å². The number of H-pyrrole nitrogens is 1. The molecule has 0 radical (unpaired) electrons. The highest BCUT2D eigenvalue weighted by Gasteiger charge is 2.26. The fourth-order valence-electron chi connectivity index (χ4n) is 2.60. The molecule has 100 valence electrons. The van der Waals surface area contributed by atoms with Crippen molar-refractivity contribution >= 4 is 17.2 Å². The van der Waals surface area contributed by atoms with Crippen LogP contribution in [-0.2, 0) is 11.2 Å². The quantitative estimate of drug-likeness (QED) is 0.935. The van der Waals surface area contributed by atoms with Gasteiger partial charge in [-0.3, -0.25) is 4.79 Å². The Kier molecular flexibility index (Phi) is 3.64. The Morgan fingerprint density at radius 1 is 1.58 bits per heavy atom. The molecule has 0 aliphatic carbocycles. The summed E-state index contributed by atoms with van der Waals surface area (Å²) in [5.41, 5.74) is 0. The number of nitrogens with one attached hydrogen (secondary N) is 1. The van der Waals surface area contributed by atoms with E-state index in [0.717, 1.165) is 36.6 Å². The number of likely N-dealkylation sites (tertiary alicyclic amines) is 1. The van der Waals surface area contributed by atoms with E-state index in [1.807, 2.05) is 28.6 Å². The van der Waals surface area contributed by atoms with Crippen LogP contribution in [0.2, 0.25) is 0 Å². The van der Waals surface area contributed by atoms with Crippen LogP contribution in [0.1, 0.15) is 29.5 Å². The van der Waals surface area contributed by atoms with Gasteiger partial charge < -0.3 is 9.88 Å². The zero-order valence-corrected chi connectivity index (χ0v) is 11.5. The first kappa shape index (κ1) is 12.4. The zero-order valence-electron chi connectivity index (χ0n) is 10.7. The molecule has 1 saturated heterocycles. The number of imidazole rings is 1. The monoisotopic (exact) mass is 275 g/mol. The van der Waals surface area contributed by atoms with E-state index >= 15 is 0 Å². The van der Waals surface area contributed by atoms with Crippen molar-refractivity contribution in [3.8, 4) is 0 Å². The maximum absolute atomic E-state index is 12.3. The molecule has 1 amide bonds. The van der Waals surface area contributed by atoms with Gasteiger partial charge in [0.2, 0.25) is 5.91 Å². The number of aromatic nitrogens is 2. The standard InChI is InChI=1S/C14H17N3OS/c18-13(9-12-4-2-8-19-12)17-7-1-3-11(10-17)14-15-5-6-16-14/h2,4-6,8,11H,1,3,7,9-10H2,(H,15,16)/t11-/m0/s1. The van der Waals surface area contributed by atoms with Gasteiger partial charge in [0, 0.05) is 36.3 Å². The average molecular weight is 275 g/mol. The van der Waals surface area contributed by atoms with E-state index in [2.05, 4.69) is 9.97 Å². The molecule has 5 heteroatoms. The number of carbonyl (C=O) groups is 1. The maximum Gasteiger partial charge on any atom is 0.227 e. The number of hydrogen-bond acceptors (Lipinski definition) is 3. The molecule has 4 nitrogen and oxygen atoms in total. The number of amides is 1. The maximum atomic E-state index is 12.3. The lowest BCUT2D eigenvalue weighted by Gasteiger charge is -2.31. The van der Waals surface area contributed by atoms with Gasteiger partial charge in [0.15, 0.2) is 0 Å². The van der Waals surface area contributed by atoms with Crippen molar-refractivity contribution < 1.29 is 4.79 Å². The largest absolute Gasteiger partial charge is 0.348 e. The fourth-order valence-corrected chi connectivity index (χ4v) is 3.30. The molecule has 0 unspecified atom stereocenters. The van der Waals surface area contributed by atoms with Crippen molar-refractivity contribution in [2.45, 2.75) is 25.2 Å². The van der Waals surface area contributed by atoms with Crippen molar-refractivity contribution in [2.24, 2.45) is 0 Å². The predicted molar refractivity (Wildman–Crippen MR) is 75.2 cm³/mol. The Bertz CT molecular complexity index is 521. The minimum atomic E-state index is 0.235. The normalized spacial score (nSPS) is 19.6. The van der Waals surface area contributed by atoms with Crippen molar-refractivity contribution in [3.63, 3.8) is 0 Å². The van der Waals surface area contributed by atoms with Crippen LogP contribution in [0.15, 0.2) is 29.9 Å². The van der Waals surface area contributed by atoms with Gasteiger partial charge in [-0.15, -0.1) is 11.3 Å². The Morgan fingerprint density at radius 2 is 2.53 bits per heavy atom. The Hall–Kier alpha value is -1.62. The second-order valence-electron chi connectivity index (χ2n) is 4.91. The Morgan fingerprint density at radius 3 is 3.26 bits per heavy atom. The van der Waals surface area contributed by atoms with Gasteiger partial charge >= 0.3 is 0 Å². The SMILES string of the molecule is O=C(Cc1cccs1)N1CCC[C@H](c2ncc[nH]2)C1. The molecule has 1 aliphatic heterocycles. The van der Waals surface area contributed by atoms with Crippen LogP contribution in [-0.4, -0.2) is 33.9 Å². The molecule has 0 bridgehead atoms. The van der Waals surface area contributed by atoms with Gasteiger partial charge in [-0.1, -0.05) is 6.07 Å². The van der Waals surface area contributed by atoms with Gasteiger partial charge in [0.25, 0.3) is 0 Å². The van der Waals surface area contributed by atoms with E-state index in [1.165, 1.54) is 0 Å². The van der Waals surface area contributed by atoms with Crippen molar-refractivity contribution in [1.29, 1.82) is 0 Å². The van der Waals surface area contributed by atoms with Crippen LogP contribution >= 0.6 is 11.3 Å². The molecule has 0 saturated carbocycles. The average Bonchev–Trinajstić information content (AvgIpc) is 3.12. The van der Waals surface area contributed by atoms with Crippen LogP contribution in [0.5, 0.6) is 0 Å². The highest BCUT2D eigenvalue weighted by Crippen LogP contribution is 2.25. The zero-order chi connectivity index (χ0) is 13.1. The third kappa shape index (κ3) is 2.87. The van der Waals surface area contributed by atoms with Crippen molar-refractivity contribution in [1.82, 2.24) is 14.9 Å². The topological polar surface area (TPSA) is 49.0 Å². The number of hydrogen-bond donors (Lipinski definition) is 1. The molecule has 1 atom stereocenters. The van der Waals surface area contributed by atoms with Gasteiger partial charge in [0.1, 0.15) is 5.82 Å². The lowest BCUT2D eigenvalue weighted by atomic mass is 9.97. The van der Waals surface area contributed by atoms with Gasteiger partial charge in [-0.25, -0.2) is 4.98 Å². The van der Waals surface area contributed by atoms with Gasteiger partial charge in [0.05, 0.1) is 6.42 Å². The molecule has 19 heavy (non-hydrogen) atoms. The molecule has 0 spiro atoms. The minimum Gasteiger partial charge on any atom is -0.348 e. The highest BCUT2D eigenvalue weighted by atomic mass is 32.1. The second kappa shape index (κ2) is 5.57. The summed E-state index contributed by atoms with van der Waals surface area (Å²) >= 11 is 1.65. The summed E-state index contributed by atoms with van der Waals surface area (Å²) < 4.78 is 0. The smallest absolute Gasteiger partial charge is 0.227 e. The van der Waals surface area contributed by atoms with E-state index in [4.69, 9.17) is 0 Å². The molecule has 3 rings (SSSR count). The van der Waals surface area contributed by atoms with E-state index in [9.17, 15) is 4.79 Å². The molecule has 1 aliphatic rings. The van der Waals surface area contributed by atoms with Crippen LogP contribution in [0.4, 0.5) is 0 Å². The summed E-state index contributed by atoms with van der Waals surface area (Å²) in [6.45, 7) is 1.67. The molecule has 1 fully saturated rings. The molecular formula is C14H17N3OS. The number of aromatic amines is 1. The van der Waals surface area contributed by atoms with Crippen LogP contribution in [0.3, 0.4) is 0 Å². The summed E-state index contributed by atoms with van der Waals surface area (Å²) in [4.78, 5) is 22.9. The van der Waals surface area contributed by atoms with E-state index in [0.29, 0.717) is 12.3 Å². The number of rotatable bonds is 3. The van der Waals surface area contributed by atoms with Crippen LogP contribution < -0.4 is 0 Å². The molecule has 0 aromatic carbocycles. The second-order valence-corrected chi connectivity index (χ2v) is 5.94. The van der Waals surface area contributed by atoms with E-state index < -0.39 is 0 Å². The van der Waals surface area contributed by atoms with Crippen molar-refractivity contribution in [2.75, 3.05) is 13.1 Å². The summed E-state index contributed by atoms with van der Waals surface area (Å²) in [6.07, 6.45) is 6.32. The summed E-state index contributed by atoms with van der Waals surface area (Å²) in [7, 11) is 0. The molecule has 2 aromatic heterocycles. The lowest BCUT2D eigenvalue weighted by Crippen LogP contribution is -2.40. The Balaban J connectivity index is 1.63. The predicted octanol–water partition coefficient (Wildman–Crippen LogP) is 2.42. The number of nitrogens with zero attached hydrogens (tertiary/aromatic N) is 2. The summed E-state index contributed by atoms with van der Waals surface area (Å²) in [5, 5.41) is 2.02. The van der Waals surface area contributed by atoms with Gasteiger partial charge in [-0.2, -0.15) is 0 Å². The highest BCUT2D eigenvalue weighted by molar-refractivity contribution is 7.10. The summed E-state index contributed by atoms with van der Waals surface area (Å²) in [6, 6.07) is 4.02. The summed E-state index contributed by atoms with van der Waals surface area (Å²) in [5.74, 6) is 1.60. The Labute approximate surface area is 116 Å². The van der Waals surface area contributed by atoms with Crippen molar-refractivity contribution in [3.05, 3.63) is 40.6 Å². The van der Waals surface area contributed by atoms with Gasteiger partial charge in [-0.05, 0) is 24.3 Å². The number of thiophene rings is 1. The third-order valence-electron chi connectivity index (χ3n) is 3.59. The lowest BCUT2D eigenvalue weighted by molar-refractivity contribution is -0.131. The van der Waals surface area contributed by atoms with Crippen LogP contribution in [0, 0.1) is 0 Å². The number of piperidine rings is 1. The molecular weight excluding hydrogens is 258 g/mol. The molecule has 1 N–H and O–H groups in total. The molecule has 3 heterocycles. The first-order valence-corrected chi connectivity index (χ1v) is 7.50. The minimum absolute atomic E-state index is 0.235. The third-order valence-corrected chi connectivity index (χ3v) is 4.46. The first-order valence-electron chi connectivity index (χ1n) is 6.62.